The van der Waals surface area contributed by atoms with Crippen LogP contribution < -0.4 is 10.1 Å². The van der Waals surface area contributed by atoms with E-state index in [1.165, 1.54) is 29.5 Å². The third-order valence-corrected chi connectivity index (χ3v) is 5.37. The van der Waals surface area contributed by atoms with Crippen LogP contribution in [-0.4, -0.2) is 25.1 Å². The first-order chi connectivity index (χ1) is 13.5. The predicted molar refractivity (Wildman–Crippen MR) is 97.7 cm³/mol. The Balaban J connectivity index is 1.60. The zero-order valence-corrected chi connectivity index (χ0v) is 15.5. The van der Waals surface area contributed by atoms with Crippen molar-refractivity contribution in [3.05, 3.63) is 45.8 Å². The highest BCUT2D eigenvalue weighted by Crippen LogP contribution is 2.37. The maximum Gasteiger partial charge on any atom is 0.387 e. The molecule has 1 aliphatic carbocycles. The van der Waals surface area contributed by atoms with Crippen molar-refractivity contribution in [1.29, 1.82) is 5.26 Å². The molecule has 0 bridgehead atoms. The first-order valence-electron chi connectivity index (χ1n) is 8.54. The molecule has 1 N–H and O–H groups in total. The molecular weight excluding hydrogens is 390 g/mol. The lowest BCUT2D eigenvalue weighted by molar-refractivity contribution is -0.119. The van der Waals surface area contributed by atoms with Gasteiger partial charge in [-0.25, -0.2) is 4.79 Å². The van der Waals surface area contributed by atoms with Gasteiger partial charge in [0.25, 0.3) is 5.91 Å². The number of hydrogen-bond acceptors (Lipinski definition) is 6. The highest BCUT2D eigenvalue weighted by atomic mass is 32.1. The van der Waals surface area contributed by atoms with Crippen molar-refractivity contribution >= 4 is 28.2 Å². The molecule has 146 valence electrons. The van der Waals surface area contributed by atoms with Gasteiger partial charge in [-0.15, -0.1) is 11.3 Å². The molecule has 0 fully saturated rings. The summed E-state index contributed by atoms with van der Waals surface area (Å²) in [5.74, 6) is -1.61. The number of nitrogens with zero attached hydrogens (tertiary/aromatic N) is 1. The zero-order valence-electron chi connectivity index (χ0n) is 14.7. The van der Waals surface area contributed by atoms with Gasteiger partial charge in [-0.05, 0) is 49.4 Å². The van der Waals surface area contributed by atoms with Gasteiger partial charge in [-0.1, -0.05) is 6.07 Å². The van der Waals surface area contributed by atoms with Crippen LogP contribution in [0.25, 0.3) is 0 Å². The Morgan fingerprint density at radius 3 is 2.82 bits per heavy atom. The van der Waals surface area contributed by atoms with E-state index in [0.717, 1.165) is 42.2 Å². The molecule has 9 heteroatoms. The van der Waals surface area contributed by atoms with Gasteiger partial charge in [-0.3, -0.25) is 4.79 Å². The number of carbonyl (C=O) groups is 2. The smallest absolute Gasteiger partial charge is 0.387 e. The van der Waals surface area contributed by atoms with Crippen LogP contribution in [0, 0.1) is 11.3 Å². The number of thiophene rings is 1. The van der Waals surface area contributed by atoms with Gasteiger partial charge in [0, 0.05) is 4.88 Å². The molecule has 6 nitrogen and oxygen atoms in total. The minimum absolute atomic E-state index is 0.0183. The van der Waals surface area contributed by atoms with Crippen molar-refractivity contribution in [3.8, 4) is 11.8 Å². The Bertz CT molecular complexity index is 937. The molecule has 1 aromatic heterocycles. The van der Waals surface area contributed by atoms with Crippen LogP contribution in [0.5, 0.6) is 5.75 Å². The second-order valence-electron chi connectivity index (χ2n) is 6.06. The van der Waals surface area contributed by atoms with Gasteiger partial charge in [0.05, 0.1) is 11.1 Å². The number of nitrogens with one attached hydrogen (secondary N) is 1. The van der Waals surface area contributed by atoms with Crippen LogP contribution >= 0.6 is 11.3 Å². The number of hydrogen-bond donors (Lipinski definition) is 1. The van der Waals surface area contributed by atoms with Gasteiger partial charge >= 0.3 is 12.6 Å². The van der Waals surface area contributed by atoms with Crippen molar-refractivity contribution in [2.75, 3.05) is 11.9 Å². The molecule has 1 heterocycles. The maximum atomic E-state index is 12.2. The van der Waals surface area contributed by atoms with Crippen molar-refractivity contribution in [2.45, 2.75) is 32.3 Å². The number of rotatable bonds is 6. The summed E-state index contributed by atoms with van der Waals surface area (Å²) in [7, 11) is 0. The van der Waals surface area contributed by atoms with Crippen LogP contribution in [-0.2, 0) is 22.4 Å². The number of aryl methyl sites for hydroxylation is 1. The van der Waals surface area contributed by atoms with Gasteiger partial charge < -0.3 is 14.8 Å². The second kappa shape index (κ2) is 8.80. The van der Waals surface area contributed by atoms with E-state index in [1.54, 1.807) is 0 Å². The van der Waals surface area contributed by atoms with Crippen LogP contribution in [0.4, 0.5) is 13.8 Å². The molecule has 0 atom stereocenters. The number of ether oxygens (including phenoxy) is 2. The fourth-order valence-electron chi connectivity index (χ4n) is 2.95. The Kier molecular flexibility index (Phi) is 6.21. The van der Waals surface area contributed by atoms with Crippen molar-refractivity contribution < 1.29 is 27.8 Å². The highest BCUT2D eigenvalue weighted by Gasteiger charge is 2.22. The SMILES string of the molecule is N#Cc1c(NC(=O)COC(=O)c2cccc(OC(F)F)c2)sc2c1CCCC2. The molecule has 1 aromatic carbocycles. The Hall–Kier alpha value is -2.99. The molecule has 1 amide bonds. The molecule has 0 saturated carbocycles. The van der Waals surface area contributed by atoms with E-state index in [1.807, 2.05) is 0 Å². The molecule has 3 rings (SSSR count). The largest absolute Gasteiger partial charge is 0.452 e. The van der Waals surface area contributed by atoms with E-state index >= 15 is 0 Å². The predicted octanol–water partition coefficient (Wildman–Crippen LogP) is 3.90. The number of carbonyl (C=O) groups excluding carboxylic acids is 2. The normalized spacial score (nSPS) is 12.8. The summed E-state index contributed by atoms with van der Waals surface area (Å²) in [5.41, 5.74) is 1.44. The van der Waals surface area contributed by atoms with E-state index in [-0.39, 0.29) is 11.3 Å². The van der Waals surface area contributed by atoms with Gasteiger partial charge in [0.2, 0.25) is 0 Å². The molecule has 0 unspecified atom stereocenters. The van der Waals surface area contributed by atoms with Crippen LogP contribution in [0.3, 0.4) is 0 Å². The molecule has 0 spiro atoms. The fraction of sp³-hybridized carbons (Fsp3) is 0.316. The topological polar surface area (TPSA) is 88.4 Å². The summed E-state index contributed by atoms with van der Waals surface area (Å²) in [4.78, 5) is 25.3. The van der Waals surface area contributed by atoms with E-state index in [0.29, 0.717) is 10.6 Å². The standard InChI is InChI=1S/C19H16F2N2O4S/c20-19(21)27-12-5-3-4-11(8-12)18(25)26-10-16(24)23-17-14(9-22)13-6-1-2-7-15(13)28-17/h3-5,8,19H,1-2,6-7,10H2,(H,23,24). The Labute approximate surface area is 163 Å². The van der Waals surface area contributed by atoms with Crippen LogP contribution in [0.2, 0.25) is 0 Å². The lowest BCUT2D eigenvalue weighted by Crippen LogP contribution is -2.21. The number of esters is 1. The number of nitriles is 1. The van der Waals surface area contributed by atoms with E-state index in [2.05, 4.69) is 16.1 Å². The van der Waals surface area contributed by atoms with E-state index in [4.69, 9.17) is 4.74 Å². The number of halogens is 2. The maximum absolute atomic E-state index is 12.2. The Morgan fingerprint density at radius 2 is 2.07 bits per heavy atom. The van der Waals surface area contributed by atoms with Gasteiger partial charge in [0.1, 0.15) is 16.8 Å². The fourth-order valence-corrected chi connectivity index (χ4v) is 4.20. The zero-order chi connectivity index (χ0) is 20.1. The lowest BCUT2D eigenvalue weighted by Gasteiger charge is -2.09. The average Bonchev–Trinajstić information content (AvgIpc) is 3.02. The monoisotopic (exact) mass is 406 g/mol. The Morgan fingerprint density at radius 1 is 1.29 bits per heavy atom. The number of anilines is 1. The van der Waals surface area contributed by atoms with E-state index < -0.39 is 25.1 Å². The average molecular weight is 406 g/mol. The summed E-state index contributed by atoms with van der Waals surface area (Å²) in [6.45, 7) is -3.57. The number of fused-ring (bicyclic) bond motifs is 1. The molecule has 2 aromatic rings. The highest BCUT2D eigenvalue weighted by molar-refractivity contribution is 7.16. The molecule has 0 aliphatic heterocycles. The van der Waals surface area contributed by atoms with Gasteiger partial charge in [0.15, 0.2) is 6.61 Å². The third-order valence-electron chi connectivity index (χ3n) is 4.17. The van der Waals surface area contributed by atoms with Gasteiger partial charge in [-0.2, -0.15) is 14.0 Å². The van der Waals surface area contributed by atoms with E-state index in [9.17, 15) is 23.6 Å². The van der Waals surface area contributed by atoms with Crippen molar-refractivity contribution in [1.82, 2.24) is 0 Å². The van der Waals surface area contributed by atoms with Crippen LogP contribution in [0.15, 0.2) is 24.3 Å². The summed E-state index contributed by atoms with van der Waals surface area (Å²) < 4.78 is 33.6. The van der Waals surface area contributed by atoms with Crippen LogP contribution in [0.1, 0.15) is 39.2 Å². The third kappa shape index (κ3) is 4.64. The molecule has 28 heavy (non-hydrogen) atoms. The van der Waals surface area contributed by atoms with Crippen molar-refractivity contribution in [2.24, 2.45) is 0 Å². The first-order valence-corrected chi connectivity index (χ1v) is 9.36. The first kappa shape index (κ1) is 19.8. The summed E-state index contributed by atoms with van der Waals surface area (Å²) in [6, 6.07) is 7.24. The molecule has 0 saturated heterocycles. The number of amides is 1. The molecule has 0 radical (unpaired) electrons. The van der Waals surface area contributed by atoms with Crippen molar-refractivity contribution in [3.63, 3.8) is 0 Å². The molecule has 1 aliphatic rings. The molecular formula is C19H16F2N2O4S. The summed E-state index contributed by atoms with van der Waals surface area (Å²) in [5, 5.41) is 12.5. The summed E-state index contributed by atoms with van der Waals surface area (Å²) >= 11 is 1.37. The minimum Gasteiger partial charge on any atom is -0.452 e. The number of benzene rings is 1. The second-order valence-corrected chi connectivity index (χ2v) is 7.16. The lowest BCUT2D eigenvalue weighted by atomic mass is 9.96. The minimum atomic E-state index is -3.01. The number of alkyl halides is 2. The summed E-state index contributed by atoms with van der Waals surface area (Å²) in [6.07, 6.45) is 3.77. The quantitative estimate of drug-likeness (QED) is 0.735.